The third-order valence-corrected chi connectivity index (χ3v) is 1.85. The van der Waals surface area contributed by atoms with Gasteiger partial charge in [0.2, 0.25) is 0 Å². The fourth-order valence-electron chi connectivity index (χ4n) is 1.16. The number of nitrogens with one attached hydrogen (secondary N) is 1. The third kappa shape index (κ3) is 1.47. The average Bonchev–Trinajstić information content (AvgIpc) is 2.39. The van der Waals surface area contributed by atoms with Crippen molar-refractivity contribution >= 4 is 17.6 Å². The molecule has 0 unspecified atom stereocenters. The van der Waals surface area contributed by atoms with Crippen LogP contribution in [0.25, 0.3) is 6.08 Å². The molecule has 70 valence electrons. The minimum atomic E-state index is -0.532. The van der Waals surface area contributed by atoms with E-state index >= 15 is 0 Å². The molecule has 0 radical (unpaired) electrons. The summed E-state index contributed by atoms with van der Waals surface area (Å²) in [4.78, 5) is 9.91. The maximum absolute atomic E-state index is 10.4. The van der Waals surface area contributed by atoms with Gasteiger partial charge in [0.1, 0.15) is 0 Å². The minimum absolute atomic E-state index is 0.193. The second-order valence-electron chi connectivity index (χ2n) is 2.76. The first-order valence-electron chi connectivity index (χ1n) is 4.02. The van der Waals surface area contributed by atoms with Gasteiger partial charge in [0.05, 0.1) is 10.8 Å². The van der Waals surface area contributed by atoms with Crippen LogP contribution in [0.1, 0.15) is 5.56 Å². The van der Waals surface area contributed by atoms with Crippen molar-refractivity contribution in [3.63, 3.8) is 0 Å². The number of nitrogens with zero attached hydrogens (tertiary/aromatic N) is 2. The van der Waals surface area contributed by atoms with Crippen LogP contribution in [-0.4, -0.2) is 10.8 Å². The second-order valence-corrected chi connectivity index (χ2v) is 2.76. The summed E-state index contributed by atoms with van der Waals surface area (Å²) in [6, 6.07) is 7.37. The van der Waals surface area contributed by atoms with Gasteiger partial charge >= 0.3 is 5.84 Å². The van der Waals surface area contributed by atoms with Crippen molar-refractivity contribution in [1.82, 2.24) is 0 Å². The largest absolute Gasteiger partial charge is 0.388 e. The molecule has 0 aromatic heterocycles. The Morgan fingerprint density at radius 2 is 2.07 bits per heavy atom. The molecule has 5 heteroatoms. The molecular formula is C9H7N3O2. The van der Waals surface area contributed by atoms with Crippen LogP contribution in [0, 0.1) is 10.1 Å². The summed E-state index contributed by atoms with van der Waals surface area (Å²) in [5, 5.41) is 14.1. The van der Waals surface area contributed by atoms with E-state index in [9.17, 15) is 10.1 Å². The van der Waals surface area contributed by atoms with E-state index < -0.39 is 4.92 Å². The van der Waals surface area contributed by atoms with E-state index in [0.29, 0.717) is 0 Å². The Balaban J connectivity index is 2.41. The highest BCUT2D eigenvalue weighted by Gasteiger charge is 2.12. The zero-order chi connectivity index (χ0) is 9.97. The van der Waals surface area contributed by atoms with E-state index in [1.165, 1.54) is 6.08 Å². The van der Waals surface area contributed by atoms with Gasteiger partial charge in [-0.2, -0.15) is 5.43 Å². The van der Waals surface area contributed by atoms with Gasteiger partial charge in [0, 0.05) is 11.6 Å². The molecule has 0 saturated carbocycles. The summed E-state index contributed by atoms with van der Waals surface area (Å²) >= 11 is 0. The zero-order valence-electron chi connectivity index (χ0n) is 7.18. The van der Waals surface area contributed by atoms with Crippen molar-refractivity contribution in [2.45, 2.75) is 0 Å². The summed E-state index contributed by atoms with van der Waals surface area (Å²) in [6.07, 6.45) is 3.04. The highest BCUT2D eigenvalue weighted by molar-refractivity contribution is 5.93. The standard InChI is InChI=1S/C9H7N3O2/c13-12(14)9-6-5-7-3-1-2-4-8(7)10-11-9/h1-6,10H. The number of para-hydroxylation sites is 1. The monoisotopic (exact) mass is 189 g/mol. The number of benzene rings is 1. The summed E-state index contributed by atoms with van der Waals surface area (Å²) in [5.41, 5.74) is 4.29. The van der Waals surface area contributed by atoms with Crippen LogP contribution in [0.5, 0.6) is 0 Å². The third-order valence-electron chi connectivity index (χ3n) is 1.85. The molecule has 0 aliphatic carbocycles. The minimum Gasteiger partial charge on any atom is -0.358 e. The molecule has 1 aliphatic rings. The molecule has 1 aliphatic heterocycles. The lowest BCUT2D eigenvalue weighted by Crippen LogP contribution is -2.09. The molecule has 0 saturated heterocycles. The zero-order valence-corrected chi connectivity index (χ0v) is 7.18. The van der Waals surface area contributed by atoms with Crippen LogP contribution in [0.3, 0.4) is 0 Å². The molecule has 1 aromatic rings. The number of amidine groups is 1. The van der Waals surface area contributed by atoms with Crippen LogP contribution in [-0.2, 0) is 0 Å². The van der Waals surface area contributed by atoms with Gasteiger partial charge in [-0.3, -0.25) is 0 Å². The number of nitro groups is 1. The van der Waals surface area contributed by atoms with E-state index in [0.717, 1.165) is 11.3 Å². The first-order valence-corrected chi connectivity index (χ1v) is 4.02. The molecule has 0 fully saturated rings. The van der Waals surface area contributed by atoms with E-state index in [1.807, 2.05) is 24.3 Å². The molecule has 1 heterocycles. The summed E-state index contributed by atoms with van der Waals surface area (Å²) in [6.45, 7) is 0. The highest BCUT2D eigenvalue weighted by Crippen LogP contribution is 2.18. The SMILES string of the molecule is O=[N+]([O-])C1=NNc2ccccc2C=C1. The lowest BCUT2D eigenvalue weighted by atomic mass is 10.2. The summed E-state index contributed by atoms with van der Waals surface area (Å²) < 4.78 is 0. The molecule has 0 bridgehead atoms. The molecule has 1 aromatic carbocycles. The molecule has 0 amide bonds. The smallest absolute Gasteiger partial charge is 0.358 e. The fourth-order valence-corrected chi connectivity index (χ4v) is 1.16. The van der Waals surface area contributed by atoms with Gasteiger partial charge in [0.15, 0.2) is 0 Å². The maximum atomic E-state index is 10.4. The van der Waals surface area contributed by atoms with Crippen LogP contribution in [0.2, 0.25) is 0 Å². The van der Waals surface area contributed by atoms with Crippen molar-refractivity contribution in [3.8, 4) is 0 Å². The van der Waals surface area contributed by atoms with E-state index in [1.54, 1.807) is 6.08 Å². The molecule has 1 N–H and O–H groups in total. The average molecular weight is 189 g/mol. The molecule has 5 nitrogen and oxygen atoms in total. The number of hydrogen-bond donors (Lipinski definition) is 1. The second kappa shape index (κ2) is 3.29. The Morgan fingerprint density at radius 1 is 1.29 bits per heavy atom. The van der Waals surface area contributed by atoms with Gasteiger partial charge < -0.3 is 10.1 Å². The lowest BCUT2D eigenvalue weighted by Gasteiger charge is -1.97. The van der Waals surface area contributed by atoms with Crippen molar-refractivity contribution in [1.29, 1.82) is 0 Å². The van der Waals surface area contributed by atoms with Gasteiger partial charge in [0.25, 0.3) is 0 Å². The van der Waals surface area contributed by atoms with E-state index in [-0.39, 0.29) is 5.84 Å². The Bertz CT molecular complexity index is 437. The van der Waals surface area contributed by atoms with Gasteiger partial charge in [-0.25, -0.2) is 0 Å². The first-order chi connectivity index (χ1) is 6.77. The lowest BCUT2D eigenvalue weighted by molar-refractivity contribution is -0.348. The summed E-state index contributed by atoms with van der Waals surface area (Å²) in [5.74, 6) is -0.193. The van der Waals surface area contributed by atoms with Crippen molar-refractivity contribution in [2.75, 3.05) is 5.43 Å². The number of hydrazone groups is 1. The molecule has 0 spiro atoms. The van der Waals surface area contributed by atoms with Gasteiger partial charge in [-0.15, -0.1) is 0 Å². The van der Waals surface area contributed by atoms with Crippen LogP contribution < -0.4 is 5.43 Å². The number of anilines is 1. The molecular weight excluding hydrogens is 182 g/mol. The molecule has 0 atom stereocenters. The normalized spacial score (nSPS) is 13.6. The van der Waals surface area contributed by atoms with Crippen molar-refractivity contribution in [3.05, 3.63) is 46.0 Å². The van der Waals surface area contributed by atoms with Crippen LogP contribution in [0.15, 0.2) is 35.4 Å². The quantitative estimate of drug-likeness (QED) is 0.499. The Labute approximate surface area is 79.9 Å². The van der Waals surface area contributed by atoms with Gasteiger partial charge in [-0.05, 0) is 17.1 Å². The van der Waals surface area contributed by atoms with E-state index in [2.05, 4.69) is 10.5 Å². The van der Waals surface area contributed by atoms with Crippen molar-refractivity contribution < 1.29 is 4.92 Å². The predicted molar refractivity (Wildman–Crippen MR) is 53.5 cm³/mol. The molecule has 2 rings (SSSR count). The Kier molecular flexibility index (Phi) is 1.98. The summed E-state index contributed by atoms with van der Waals surface area (Å²) in [7, 11) is 0. The first kappa shape index (κ1) is 8.43. The predicted octanol–water partition coefficient (Wildman–Crippen LogP) is 1.72. The fraction of sp³-hybridized carbons (Fsp3) is 0. The van der Waals surface area contributed by atoms with Crippen molar-refractivity contribution in [2.24, 2.45) is 5.10 Å². The number of fused-ring (bicyclic) bond motifs is 1. The Morgan fingerprint density at radius 3 is 2.86 bits per heavy atom. The topological polar surface area (TPSA) is 67.5 Å². The number of hydrogen-bond acceptors (Lipinski definition) is 4. The maximum Gasteiger partial charge on any atom is 0.388 e. The van der Waals surface area contributed by atoms with Gasteiger partial charge in [-0.1, -0.05) is 18.2 Å². The highest BCUT2D eigenvalue weighted by atomic mass is 16.6. The Hall–Kier alpha value is -2.17. The molecule has 14 heavy (non-hydrogen) atoms. The van der Waals surface area contributed by atoms with Crippen LogP contribution >= 0.6 is 0 Å². The van der Waals surface area contributed by atoms with E-state index in [4.69, 9.17) is 0 Å². The number of rotatable bonds is 0. The van der Waals surface area contributed by atoms with Crippen LogP contribution in [0.4, 0.5) is 5.69 Å².